The lowest BCUT2D eigenvalue weighted by atomic mass is 10.1. The smallest absolute Gasteiger partial charge is 0.239 e. The molecule has 0 aliphatic rings. The molecule has 1 aromatic carbocycles. The molecule has 2 aromatic heterocycles. The van der Waals surface area contributed by atoms with Crippen molar-refractivity contribution in [2.75, 3.05) is 12.4 Å². The van der Waals surface area contributed by atoms with Gasteiger partial charge in [0.1, 0.15) is 11.6 Å². The van der Waals surface area contributed by atoms with E-state index >= 15 is 0 Å². The van der Waals surface area contributed by atoms with Crippen LogP contribution in [0, 0.1) is 13.8 Å². The van der Waals surface area contributed by atoms with Crippen LogP contribution in [-0.4, -0.2) is 38.0 Å². The van der Waals surface area contributed by atoms with Gasteiger partial charge in [-0.2, -0.15) is 0 Å². The number of thiazole rings is 1. The molecule has 7 nitrogen and oxygen atoms in total. The summed E-state index contributed by atoms with van der Waals surface area (Å²) in [5, 5.41) is 12.6. The summed E-state index contributed by atoms with van der Waals surface area (Å²) >= 11 is 2.89. The number of rotatable bonds is 8. The summed E-state index contributed by atoms with van der Waals surface area (Å²) < 4.78 is 7.26. The van der Waals surface area contributed by atoms with Crippen LogP contribution < -0.4 is 10.1 Å². The zero-order valence-electron chi connectivity index (χ0n) is 17.2. The number of aromatic nitrogens is 4. The third kappa shape index (κ3) is 5.16. The fraction of sp³-hybridized carbons (Fsp3) is 0.400. The van der Waals surface area contributed by atoms with Crippen LogP contribution in [-0.2, 0) is 17.8 Å². The van der Waals surface area contributed by atoms with Gasteiger partial charge in [-0.25, -0.2) is 4.98 Å². The van der Waals surface area contributed by atoms with E-state index in [1.54, 1.807) is 7.11 Å². The molecule has 1 amide bonds. The van der Waals surface area contributed by atoms with Crippen molar-refractivity contribution >= 4 is 34.1 Å². The fourth-order valence-corrected chi connectivity index (χ4v) is 4.47. The molecule has 154 valence electrons. The number of hydrogen-bond acceptors (Lipinski definition) is 7. The summed E-state index contributed by atoms with van der Waals surface area (Å²) in [7, 11) is 1.65. The fourth-order valence-electron chi connectivity index (χ4n) is 2.73. The van der Waals surface area contributed by atoms with E-state index in [9.17, 15) is 4.79 Å². The van der Waals surface area contributed by atoms with Crippen LogP contribution in [0.5, 0.6) is 5.75 Å². The quantitative estimate of drug-likeness (QED) is 0.541. The van der Waals surface area contributed by atoms with E-state index in [0.29, 0.717) is 11.6 Å². The van der Waals surface area contributed by atoms with Crippen LogP contribution in [0.4, 0.5) is 5.13 Å². The monoisotopic (exact) mass is 431 g/mol. The number of nitrogens with zero attached hydrogens (tertiary/aromatic N) is 4. The normalized spacial score (nSPS) is 12.0. The summed E-state index contributed by atoms with van der Waals surface area (Å²) in [5.74, 6) is 1.61. The molecular formula is C20H25N5O2S2. The first-order valence-corrected chi connectivity index (χ1v) is 11.1. The van der Waals surface area contributed by atoms with Gasteiger partial charge in [-0.05, 0) is 45.4 Å². The van der Waals surface area contributed by atoms with Crippen LogP contribution in [0.15, 0.2) is 29.4 Å². The number of amides is 1. The number of nitrogens with one attached hydrogen (secondary N) is 1. The number of carbonyl (C=O) groups excluding carboxylic acids is 1. The number of carbonyl (C=O) groups is 1. The molecule has 3 rings (SSSR count). The van der Waals surface area contributed by atoms with Gasteiger partial charge in [0.25, 0.3) is 0 Å². The van der Waals surface area contributed by atoms with Gasteiger partial charge < -0.3 is 14.6 Å². The van der Waals surface area contributed by atoms with Gasteiger partial charge in [0.15, 0.2) is 10.3 Å². The molecule has 2 heterocycles. The highest BCUT2D eigenvalue weighted by Crippen LogP contribution is 2.26. The summed E-state index contributed by atoms with van der Waals surface area (Å²) in [6.07, 6.45) is 0.670. The topological polar surface area (TPSA) is 81.9 Å². The van der Waals surface area contributed by atoms with E-state index in [-0.39, 0.29) is 11.2 Å². The number of methoxy groups -OCH3 is 1. The van der Waals surface area contributed by atoms with Crippen molar-refractivity contribution in [1.82, 2.24) is 19.7 Å². The second-order valence-electron chi connectivity index (χ2n) is 6.58. The molecule has 9 heteroatoms. The number of anilines is 1. The first-order chi connectivity index (χ1) is 13.9. The molecule has 0 saturated carbocycles. The minimum atomic E-state index is -0.317. The SMILES string of the molecule is CCn1c(Cc2ccc(OC)cc2)nnc1S[C@@H](C)C(=O)Nc1nc(C)c(C)s1. The average molecular weight is 432 g/mol. The van der Waals surface area contributed by atoms with Crippen molar-refractivity contribution < 1.29 is 9.53 Å². The molecule has 0 unspecified atom stereocenters. The maximum Gasteiger partial charge on any atom is 0.239 e. The Morgan fingerprint density at radius 1 is 1.28 bits per heavy atom. The Morgan fingerprint density at radius 2 is 2.00 bits per heavy atom. The second kappa shape index (κ2) is 9.41. The van der Waals surface area contributed by atoms with Gasteiger partial charge in [0, 0.05) is 17.8 Å². The van der Waals surface area contributed by atoms with Crippen LogP contribution >= 0.6 is 23.1 Å². The number of aryl methyl sites for hydroxylation is 2. The molecule has 0 fully saturated rings. The molecule has 0 spiro atoms. The number of hydrogen-bond donors (Lipinski definition) is 1. The third-order valence-corrected chi connectivity index (χ3v) is 6.61. The second-order valence-corrected chi connectivity index (χ2v) is 9.09. The molecule has 1 atom stereocenters. The lowest BCUT2D eigenvalue weighted by Gasteiger charge is -2.12. The largest absolute Gasteiger partial charge is 0.497 e. The van der Waals surface area contributed by atoms with Crippen molar-refractivity contribution in [3.8, 4) is 5.75 Å². The Morgan fingerprint density at radius 3 is 2.59 bits per heavy atom. The van der Waals surface area contributed by atoms with Gasteiger partial charge >= 0.3 is 0 Å². The van der Waals surface area contributed by atoms with Crippen LogP contribution in [0.1, 0.15) is 35.8 Å². The molecule has 0 radical (unpaired) electrons. The van der Waals surface area contributed by atoms with Crippen LogP contribution in [0.25, 0.3) is 0 Å². The zero-order valence-corrected chi connectivity index (χ0v) is 18.9. The number of benzene rings is 1. The molecule has 0 aliphatic heterocycles. The Bertz CT molecular complexity index is 962. The van der Waals surface area contributed by atoms with Crippen molar-refractivity contribution in [3.05, 3.63) is 46.2 Å². The van der Waals surface area contributed by atoms with E-state index in [4.69, 9.17) is 4.74 Å². The highest BCUT2D eigenvalue weighted by atomic mass is 32.2. The van der Waals surface area contributed by atoms with Gasteiger partial charge in [0.2, 0.25) is 5.91 Å². The lowest BCUT2D eigenvalue weighted by molar-refractivity contribution is -0.115. The van der Waals surface area contributed by atoms with E-state index in [0.717, 1.165) is 39.4 Å². The first kappa shape index (κ1) is 21.3. The lowest BCUT2D eigenvalue weighted by Crippen LogP contribution is -2.23. The molecule has 0 aliphatic carbocycles. The van der Waals surface area contributed by atoms with E-state index < -0.39 is 0 Å². The zero-order chi connectivity index (χ0) is 21.0. The summed E-state index contributed by atoms with van der Waals surface area (Å²) in [5.41, 5.74) is 2.07. The molecule has 3 aromatic rings. The Kier molecular flexibility index (Phi) is 6.92. The standard InChI is InChI=1S/C20H25N5O2S2/c1-6-25-17(11-15-7-9-16(27-5)10-8-15)23-24-20(25)29-14(4)18(26)22-19-21-12(2)13(3)28-19/h7-10,14H,6,11H2,1-5H3,(H,21,22,26)/t14-/m0/s1. The molecule has 1 N–H and O–H groups in total. The molecule has 0 bridgehead atoms. The number of thioether (sulfide) groups is 1. The maximum absolute atomic E-state index is 12.6. The highest BCUT2D eigenvalue weighted by molar-refractivity contribution is 8.00. The predicted molar refractivity (Wildman–Crippen MR) is 117 cm³/mol. The van der Waals surface area contributed by atoms with Crippen LogP contribution in [0.2, 0.25) is 0 Å². The summed E-state index contributed by atoms with van der Waals surface area (Å²) in [6.45, 7) is 8.59. The predicted octanol–water partition coefficient (Wildman–Crippen LogP) is 4.09. The minimum Gasteiger partial charge on any atom is -0.497 e. The molecule has 29 heavy (non-hydrogen) atoms. The Hall–Kier alpha value is -2.39. The van der Waals surface area contributed by atoms with Gasteiger partial charge in [0.05, 0.1) is 18.1 Å². The highest BCUT2D eigenvalue weighted by Gasteiger charge is 2.21. The van der Waals surface area contributed by atoms with Gasteiger partial charge in [-0.1, -0.05) is 23.9 Å². The van der Waals surface area contributed by atoms with E-state index in [2.05, 4.69) is 32.0 Å². The minimum absolute atomic E-state index is 0.0916. The van der Waals surface area contributed by atoms with E-state index in [1.165, 1.54) is 23.1 Å². The summed E-state index contributed by atoms with van der Waals surface area (Å²) in [4.78, 5) is 18.0. The van der Waals surface area contributed by atoms with Crippen molar-refractivity contribution in [3.63, 3.8) is 0 Å². The molecule has 0 saturated heterocycles. The summed E-state index contributed by atoms with van der Waals surface area (Å²) in [6, 6.07) is 7.92. The van der Waals surface area contributed by atoms with E-state index in [1.807, 2.05) is 45.0 Å². The molecular weight excluding hydrogens is 406 g/mol. The Labute approximate surface area is 178 Å². The van der Waals surface area contributed by atoms with Gasteiger partial charge in [-0.3, -0.25) is 4.79 Å². The third-order valence-electron chi connectivity index (χ3n) is 4.54. The Balaban J connectivity index is 1.67. The average Bonchev–Trinajstić information content (AvgIpc) is 3.23. The van der Waals surface area contributed by atoms with Gasteiger partial charge in [-0.15, -0.1) is 21.5 Å². The van der Waals surface area contributed by atoms with Crippen molar-refractivity contribution in [2.45, 2.75) is 51.1 Å². The van der Waals surface area contributed by atoms with Crippen molar-refractivity contribution in [1.29, 1.82) is 0 Å². The number of ether oxygens (including phenoxy) is 1. The van der Waals surface area contributed by atoms with Crippen molar-refractivity contribution in [2.24, 2.45) is 0 Å². The first-order valence-electron chi connectivity index (χ1n) is 9.37. The maximum atomic E-state index is 12.6. The van der Waals surface area contributed by atoms with Crippen LogP contribution in [0.3, 0.4) is 0 Å².